The van der Waals surface area contributed by atoms with Gasteiger partial charge in [-0.2, -0.15) is 0 Å². The molecular formula is C18H24FNO2. The molecule has 1 aromatic rings. The molecule has 1 fully saturated rings. The molecule has 0 radical (unpaired) electrons. The molecule has 3 nitrogen and oxygen atoms in total. The van der Waals surface area contributed by atoms with Crippen LogP contribution in [-0.4, -0.2) is 18.9 Å². The van der Waals surface area contributed by atoms with Crippen molar-refractivity contribution in [2.45, 2.75) is 44.4 Å². The van der Waals surface area contributed by atoms with E-state index in [1.165, 1.54) is 0 Å². The Morgan fingerprint density at radius 1 is 1.32 bits per heavy atom. The van der Waals surface area contributed by atoms with Gasteiger partial charge in [0.05, 0.1) is 11.7 Å². The second-order valence-corrected chi connectivity index (χ2v) is 5.85. The predicted molar refractivity (Wildman–Crippen MR) is 85.6 cm³/mol. The zero-order valence-electron chi connectivity index (χ0n) is 13.1. The molecule has 1 aromatic carbocycles. The summed E-state index contributed by atoms with van der Waals surface area (Å²) >= 11 is 0. The summed E-state index contributed by atoms with van der Waals surface area (Å²) in [7, 11) is 0. The topological polar surface area (TPSA) is 52.3 Å². The fourth-order valence-electron chi connectivity index (χ4n) is 3.23. The summed E-state index contributed by atoms with van der Waals surface area (Å²) in [5.74, 6) is 0.984. The van der Waals surface area contributed by atoms with Gasteiger partial charge in [-0.25, -0.2) is 4.39 Å². The van der Waals surface area contributed by atoms with E-state index in [9.17, 15) is 9.18 Å². The summed E-state index contributed by atoms with van der Waals surface area (Å²) in [6.07, 6.45) is 5.13. The third kappa shape index (κ3) is 3.38. The number of carbonyl (C=O) groups is 1. The Balaban J connectivity index is 2.12. The smallest absolute Gasteiger partial charge is 0.143 e. The monoisotopic (exact) mass is 305 g/mol. The molecule has 2 rings (SSSR count). The molecule has 2 N–H and O–H groups in total. The molecule has 4 heteroatoms. The molecule has 0 spiro atoms. The molecule has 1 saturated carbocycles. The van der Waals surface area contributed by atoms with E-state index in [0.717, 1.165) is 31.2 Å². The summed E-state index contributed by atoms with van der Waals surface area (Å²) in [4.78, 5) is 12.4. The van der Waals surface area contributed by atoms with Gasteiger partial charge in [0, 0.05) is 18.5 Å². The molecule has 0 bridgehead atoms. The first kappa shape index (κ1) is 16.7. The van der Waals surface area contributed by atoms with Crippen LogP contribution in [0.4, 0.5) is 4.39 Å². The van der Waals surface area contributed by atoms with Gasteiger partial charge in [-0.3, -0.25) is 4.79 Å². The fourth-order valence-corrected chi connectivity index (χ4v) is 3.23. The van der Waals surface area contributed by atoms with Crippen molar-refractivity contribution < 1.29 is 13.9 Å². The Labute approximate surface area is 131 Å². The molecule has 0 aromatic heterocycles. The minimum atomic E-state index is -0.311. The maximum absolute atomic E-state index is 12.4. The van der Waals surface area contributed by atoms with Crippen LogP contribution in [0.3, 0.4) is 0 Å². The number of ketones is 1. The quantitative estimate of drug-likeness (QED) is 0.836. The highest BCUT2D eigenvalue weighted by Gasteiger charge is 2.41. The van der Waals surface area contributed by atoms with Gasteiger partial charge in [0.1, 0.15) is 18.1 Å². The summed E-state index contributed by atoms with van der Waals surface area (Å²) in [5.41, 5.74) is 6.57. The largest absolute Gasteiger partial charge is 0.489 e. The lowest BCUT2D eigenvalue weighted by atomic mass is 9.74. The Bertz CT molecular complexity index is 531. The zero-order chi connectivity index (χ0) is 16.0. The zero-order valence-corrected chi connectivity index (χ0v) is 13.1. The lowest BCUT2D eigenvalue weighted by Gasteiger charge is -2.27. The maximum Gasteiger partial charge on any atom is 0.143 e. The van der Waals surface area contributed by atoms with Gasteiger partial charge in [0.25, 0.3) is 0 Å². The molecule has 0 amide bonds. The average Bonchev–Trinajstić information content (AvgIpc) is 3.06. The Morgan fingerprint density at radius 3 is 2.45 bits per heavy atom. The average molecular weight is 305 g/mol. The van der Waals surface area contributed by atoms with Gasteiger partial charge < -0.3 is 10.5 Å². The van der Waals surface area contributed by atoms with Crippen molar-refractivity contribution >= 4 is 5.78 Å². The number of hydrogen-bond donors (Lipinski definition) is 1. The van der Waals surface area contributed by atoms with E-state index in [2.05, 4.69) is 0 Å². The van der Waals surface area contributed by atoms with E-state index >= 15 is 0 Å². The van der Waals surface area contributed by atoms with Gasteiger partial charge >= 0.3 is 0 Å². The fraction of sp³-hybridized carbons (Fsp3) is 0.500. The number of rotatable bonds is 7. The normalized spacial score (nSPS) is 17.5. The van der Waals surface area contributed by atoms with Crippen LogP contribution in [0, 0.1) is 0 Å². The van der Waals surface area contributed by atoms with E-state index < -0.39 is 0 Å². The second-order valence-electron chi connectivity index (χ2n) is 5.85. The van der Waals surface area contributed by atoms with E-state index in [1.54, 1.807) is 0 Å². The van der Waals surface area contributed by atoms with E-state index in [-0.39, 0.29) is 18.6 Å². The highest BCUT2D eigenvalue weighted by molar-refractivity contribution is 5.90. The SMILES string of the molecule is CCC(=O)C1(c2ccc(OC/C(=C/F)CN)cc2)CCCC1. The van der Waals surface area contributed by atoms with Gasteiger partial charge in [-0.05, 0) is 30.5 Å². The minimum Gasteiger partial charge on any atom is -0.489 e. The summed E-state index contributed by atoms with van der Waals surface area (Å²) in [5, 5.41) is 0. The predicted octanol–water partition coefficient (Wildman–Crippen LogP) is 3.67. The molecule has 120 valence electrons. The minimum absolute atomic E-state index is 0.142. The van der Waals surface area contributed by atoms with Gasteiger partial charge in [0.15, 0.2) is 0 Å². The van der Waals surface area contributed by atoms with Crippen LogP contribution in [-0.2, 0) is 10.2 Å². The lowest BCUT2D eigenvalue weighted by Crippen LogP contribution is -2.32. The Morgan fingerprint density at radius 2 is 1.95 bits per heavy atom. The van der Waals surface area contributed by atoms with Crippen molar-refractivity contribution in [1.29, 1.82) is 0 Å². The van der Waals surface area contributed by atoms with E-state index in [4.69, 9.17) is 10.5 Å². The first-order valence-corrected chi connectivity index (χ1v) is 7.91. The Kier molecular flexibility index (Phi) is 5.72. The summed E-state index contributed by atoms with van der Waals surface area (Å²) < 4.78 is 18.0. The highest BCUT2D eigenvalue weighted by atomic mass is 19.1. The van der Waals surface area contributed by atoms with Crippen LogP contribution in [0.25, 0.3) is 0 Å². The molecule has 22 heavy (non-hydrogen) atoms. The molecule has 0 saturated heterocycles. The maximum atomic E-state index is 12.4. The molecule has 1 aliphatic rings. The van der Waals surface area contributed by atoms with Crippen molar-refractivity contribution in [3.63, 3.8) is 0 Å². The Hall–Kier alpha value is -1.68. The third-order valence-electron chi connectivity index (χ3n) is 4.56. The number of nitrogens with two attached hydrogens (primary N) is 1. The van der Waals surface area contributed by atoms with Crippen LogP contribution in [0.1, 0.15) is 44.6 Å². The molecule has 0 atom stereocenters. The van der Waals surface area contributed by atoms with Gasteiger partial charge in [-0.1, -0.05) is 31.9 Å². The summed E-state index contributed by atoms with van der Waals surface area (Å²) in [6, 6.07) is 7.64. The molecule has 0 aliphatic heterocycles. The van der Waals surface area contributed by atoms with Crippen LogP contribution in [0.15, 0.2) is 36.2 Å². The van der Waals surface area contributed by atoms with Crippen molar-refractivity contribution in [3.05, 3.63) is 41.7 Å². The number of Topliss-reactive ketones (excluding diaryl/α,β-unsaturated/α-hetero) is 1. The number of ether oxygens (including phenoxy) is 1. The van der Waals surface area contributed by atoms with Crippen molar-refractivity contribution in [2.75, 3.05) is 13.2 Å². The first-order valence-electron chi connectivity index (χ1n) is 7.91. The lowest BCUT2D eigenvalue weighted by molar-refractivity contribution is -0.124. The number of hydrogen-bond acceptors (Lipinski definition) is 3. The third-order valence-corrected chi connectivity index (χ3v) is 4.56. The standard InChI is InChI=1S/C18H24FNO2/c1-2-17(21)18(9-3-4-10-18)15-5-7-16(8-6-15)22-13-14(11-19)12-20/h5-8,11H,2-4,9-10,12-13,20H2,1H3/b14-11+. The highest BCUT2D eigenvalue weighted by Crippen LogP contribution is 2.43. The van der Waals surface area contributed by atoms with Crippen molar-refractivity contribution in [1.82, 2.24) is 0 Å². The second kappa shape index (κ2) is 7.54. The van der Waals surface area contributed by atoms with E-state index in [1.807, 2.05) is 31.2 Å². The van der Waals surface area contributed by atoms with Crippen molar-refractivity contribution in [2.24, 2.45) is 5.73 Å². The molecular weight excluding hydrogens is 281 g/mol. The molecule has 1 aliphatic carbocycles. The van der Waals surface area contributed by atoms with E-state index in [0.29, 0.717) is 29.9 Å². The van der Waals surface area contributed by atoms with Crippen LogP contribution < -0.4 is 10.5 Å². The van der Waals surface area contributed by atoms with Gasteiger partial charge in [-0.15, -0.1) is 0 Å². The summed E-state index contributed by atoms with van der Waals surface area (Å²) in [6.45, 7) is 2.21. The van der Waals surface area contributed by atoms with Gasteiger partial charge in [0.2, 0.25) is 0 Å². The van der Waals surface area contributed by atoms with Crippen molar-refractivity contribution in [3.8, 4) is 5.75 Å². The van der Waals surface area contributed by atoms with Crippen LogP contribution in [0.5, 0.6) is 5.75 Å². The van der Waals surface area contributed by atoms with Crippen LogP contribution in [0.2, 0.25) is 0 Å². The number of carbonyl (C=O) groups excluding carboxylic acids is 1. The van der Waals surface area contributed by atoms with Crippen LogP contribution >= 0.6 is 0 Å². The first-order chi connectivity index (χ1) is 10.7. The number of benzene rings is 1. The molecule has 0 heterocycles. The molecule has 0 unspecified atom stereocenters. The number of halogens is 1.